The fourth-order valence-electron chi connectivity index (χ4n) is 14.0. The van der Waals surface area contributed by atoms with Crippen LogP contribution in [0.25, 0.3) is 0 Å². The Morgan fingerprint density at radius 2 is 1.52 bits per heavy atom. The van der Waals surface area contributed by atoms with Crippen LogP contribution < -0.4 is 0 Å². The molecule has 3 aliphatic heterocycles. The maximum atomic E-state index is 13.4. The number of aliphatic hydroxyl groups excluding tert-OH is 1. The lowest BCUT2D eigenvalue weighted by Crippen LogP contribution is -2.57. The van der Waals surface area contributed by atoms with Gasteiger partial charge in [-0.3, -0.25) is 4.79 Å². The molecular weight excluding hydrogens is 634 g/mol. The lowest BCUT2D eigenvalue weighted by atomic mass is 9.46. The van der Waals surface area contributed by atoms with Crippen LogP contribution in [0, 0.1) is 57.2 Å². The fourth-order valence-corrected chi connectivity index (χ4v) is 14.0. The average Bonchev–Trinajstić information content (AvgIpc) is 3.64. The number of nitrogens with zero attached hydrogens (tertiary/aromatic N) is 3. The molecule has 3 saturated heterocycles. The third-order valence-electron chi connectivity index (χ3n) is 16.5. The first-order chi connectivity index (χ1) is 23.6. The predicted octanol–water partition coefficient (Wildman–Crippen LogP) is 5.95. The maximum absolute atomic E-state index is 13.4. The molecule has 8 aliphatic rings. The van der Waals surface area contributed by atoms with Gasteiger partial charge in [-0.2, -0.15) is 0 Å². The molecule has 0 aromatic heterocycles. The number of fused-ring (bicyclic) bond motifs is 4. The van der Waals surface area contributed by atoms with Crippen molar-refractivity contribution in [3.63, 3.8) is 0 Å². The van der Waals surface area contributed by atoms with Gasteiger partial charge in [0.2, 0.25) is 5.91 Å². The number of aliphatic hydroxyl groups is 1. The molecule has 280 valence electrons. The normalized spacial score (nSPS) is 46.3. The summed E-state index contributed by atoms with van der Waals surface area (Å²) in [6.45, 7) is 19.1. The molecule has 0 aromatic carbocycles. The van der Waals surface area contributed by atoms with Gasteiger partial charge in [0, 0.05) is 51.6 Å². The van der Waals surface area contributed by atoms with E-state index in [1.54, 1.807) is 21.6 Å². The zero-order valence-corrected chi connectivity index (χ0v) is 31.7. The Balaban J connectivity index is 0.973. The first kappa shape index (κ1) is 35.0. The van der Waals surface area contributed by atoms with Gasteiger partial charge >= 0.3 is 12.2 Å². The van der Waals surface area contributed by atoms with Crippen LogP contribution in [0.3, 0.4) is 0 Å². The van der Waals surface area contributed by atoms with Gasteiger partial charge in [-0.15, -0.1) is 0 Å². The highest BCUT2D eigenvalue weighted by atomic mass is 16.6. The standard InChI is InChI=1S/C40H63N3O7/c1-23(2)33(50-36(47)42-15-8-16-42)27-21-24(3)30-34(48-27)32(45)31-26-9-10-28-37(5,6)29(49-35(46)43-19-17-41(18-20-43)25(4)44)11-12-40(28)22-39(26,40)14-13-38(30,31)7/h23-24,26-34,45H,8-22H2,1-7H3/t24-,26?,27?,28?,29?,30-,31?,32-,33-,34?,38?,39?,40?/m1/s1. The number of carbonyl (C=O) groups is 3. The van der Waals surface area contributed by atoms with Crippen LogP contribution in [0.15, 0.2) is 0 Å². The minimum absolute atomic E-state index is 0.0251. The molecule has 0 radical (unpaired) electrons. The molecule has 9 unspecified atom stereocenters. The van der Waals surface area contributed by atoms with Crippen LogP contribution in [0.1, 0.15) is 106 Å². The van der Waals surface area contributed by atoms with Crippen molar-refractivity contribution < 1.29 is 33.7 Å². The van der Waals surface area contributed by atoms with E-state index < -0.39 is 6.10 Å². The van der Waals surface area contributed by atoms with Crippen molar-refractivity contribution in [1.29, 1.82) is 0 Å². The van der Waals surface area contributed by atoms with Gasteiger partial charge in [0.25, 0.3) is 0 Å². The molecule has 1 N–H and O–H groups in total. The quantitative estimate of drug-likeness (QED) is 0.387. The smallest absolute Gasteiger partial charge is 0.410 e. The van der Waals surface area contributed by atoms with Crippen LogP contribution in [0.2, 0.25) is 0 Å². The van der Waals surface area contributed by atoms with Crippen molar-refractivity contribution in [2.75, 3.05) is 39.3 Å². The van der Waals surface area contributed by atoms with Crippen molar-refractivity contribution in [3.8, 4) is 0 Å². The van der Waals surface area contributed by atoms with Crippen molar-refractivity contribution in [1.82, 2.24) is 14.7 Å². The van der Waals surface area contributed by atoms with Gasteiger partial charge in [-0.1, -0.05) is 41.5 Å². The summed E-state index contributed by atoms with van der Waals surface area (Å²) >= 11 is 0. The van der Waals surface area contributed by atoms with Gasteiger partial charge < -0.3 is 34.0 Å². The third kappa shape index (κ3) is 4.95. The van der Waals surface area contributed by atoms with E-state index in [0.29, 0.717) is 49.9 Å². The van der Waals surface area contributed by atoms with Crippen molar-refractivity contribution in [2.24, 2.45) is 57.2 Å². The molecule has 10 nitrogen and oxygen atoms in total. The summed E-state index contributed by atoms with van der Waals surface area (Å²) in [7, 11) is 0. The van der Waals surface area contributed by atoms with Gasteiger partial charge in [-0.25, -0.2) is 9.59 Å². The summed E-state index contributed by atoms with van der Waals surface area (Å²) in [6, 6.07) is 0. The first-order valence-electron chi connectivity index (χ1n) is 20.1. The average molecular weight is 698 g/mol. The van der Waals surface area contributed by atoms with Gasteiger partial charge in [0.1, 0.15) is 12.2 Å². The Morgan fingerprint density at radius 1 is 0.840 bits per heavy atom. The number of rotatable bonds is 4. The molecule has 3 amide bonds. The number of amides is 3. The molecule has 5 aliphatic carbocycles. The predicted molar refractivity (Wildman–Crippen MR) is 187 cm³/mol. The molecular formula is C40H63N3O7. The summed E-state index contributed by atoms with van der Waals surface area (Å²) in [6.07, 6.45) is 7.84. The SMILES string of the molecule is CC(=O)N1CCN(C(=O)OC2CCC34CC35CCC3(C)C(C5CCC4C2(C)C)[C@@H](O)C2OC([C@H](OC(=O)N4CCC4)C(C)C)C[C@@H](C)[C@H]23)CC1. The maximum Gasteiger partial charge on any atom is 0.410 e. The lowest BCUT2D eigenvalue weighted by molar-refractivity contribution is -0.180. The molecule has 50 heavy (non-hydrogen) atoms. The largest absolute Gasteiger partial charge is 0.446 e. The van der Waals surface area contributed by atoms with Crippen LogP contribution >= 0.6 is 0 Å². The summed E-state index contributed by atoms with van der Waals surface area (Å²) in [5.41, 5.74) is 0.404. The number of carbonyl (C=O) groups excluding carboxylic acids is 3. The zero-order chi connectivity index (χ0) is 35.5. The Kier molecular flexibility index (Phi) is 8.38. The summed E-state index contributed by atoms with van der Waals surface area (Å²) < 4.78 is 19.5. The summed E-state index contributed by atoms with van der Waals surface area (Å²) in [5.74, 6) is 2.04. The van der Waals surface area contributed by atoms with E-state index in [1.165, 1.54) is 12.8 Å². The van der Waals surface area contributed by atoms with Gasteiger partial charge in [-0.05, 0) is 110 Å². The van der Waals surface area contributed by atoms with Gasteiger partial charge in [0.05, 0.1) is 18.3 Å². The number of piperazine rings is 1. The summed E-state index contributed by atoms with van der Waals surface area (Å²) in [5, 5.41) is 12.4. The molecule has 10 heteroatoms. The minimum Gasteiger partial charge on any atom is -0.446 e. The van der Waals surface area contributed by atoms with Crippen LogP contribution in [0.5, 0.6) is 0 Å². The number of hydrogen-bond acceptors (Lipinski definition) is 7. The highest BCUT2D eigenvalue weighted by molar-refractivity contribution is 5.74. The van der Waals surface area contributed by atoms with Crippen molar-refractivity contribution in [3.05, 3.63) is 0 Å². The van der Waals surface area contributed by atoms with Crippen molar-refractivity contribution >= 4 is 18.1 Å². The molecule has 5 saturated carbocycles. The first-order valence-corrected chi connectivity index (χ1v) is 20.1. The minimum atomic E-state index is -0.515. The number of hydrogen-bond donors (Lipinski definition) is 1. The Morgan fingerprint density at radius 3 is 2.16 bits per heavy atom. The fraction of sp³-hybridized carbons (Fsp3) is 0.925. The second kappa shape index (κ2) is 12.0. The van der Waals surface area contributed by atoms with E-state index in [-0.39, 0.29) is 76.0 Å². The van der Waals surface area contributed by atoms with Crippen LogP contribution in [0.4, 0.5) is 9.59 Å². The monoisotopic (exact) mass is 697 g/mol. The highest BCUT2D eigenvalue weighted by Crippen LogP contribution is 2.87. The van der Waals surface area contributed by atoms with E-state index in [1.807, 2.05) is 0 Å². The molecule has 3 heterocycles. The van der Waals surface area contributed by atoms with E-state index >= 15 is 0 Å². The van der Waals surface area contributed by atoms with E-state index in [2.05, 4.69) is 41.5 Å². The van der Waals surface area contributed by atoms with E-state index in [4.69, 9.17) is 14.2 Å². The number of likely N-dealkylation sites (tertiary alicyclic amines) is 1. The Labute approximate surface area is 299 Å². The van der Waals surface area contributed by atoms with Gasteiger partial charge in [0.15, 0.2) is 0 Å². The lowest BCUT2D eigenvalue weighted by Gasteiger charge is -2.60. The molecule has 2 spiro atoms. The second-order valence-electron chi connectivity index (χ2n) is 19.3. The summed E-state index contributed by atoms with van der Waals surface area (Å²) in [4.78, 5) is 43.5. The molecule has 13 atom stereocenters. The molecule has 8 rings (SSSR count). The number of ether oxygens (including phenoxy) is 3. The molecule has 8 fully saturated rings. The Hall–Kier alpha value is -2.07. The van der Waals surface area contributed by atoms with Crippen LogP contribution in [-0.4, -0.2) is 108 Å². The molecule has 0 aromatic rings. The van der Waals surface area contributed by atoms with Crippen molar-refractivity contribution in [2.45, 2.75) is 137 Å². The Bertz CT molecular complexity index is 1380. The highest BCUT2D eigenvalue weighted by Gasteiger charge is 2.82. The van der Waals surface area contributed by atoms with E-state index in [0.717, 1.165) is 58.0 Å². The zero-order valence-electron chi connectivity index (χ0n) is 31.7. The van der Waals surface area contributed by atoms with Crippen LogP contribution in [-0.2, 0) is 19.0 Å². The second-order valence-corrected chi connectivity index (χ2v) is 19.3. The molecule has 0 bridgehead atoms. The topological polar surface area (TPSA) is 109 Å². The third-order valence-corrected chi connectivity index (χ3v) is 16.5. The van der Waals surface area contributed by atoms with E-state index in [9.17, 15) is 19.5 Å².